The lowest BCUT2D eigenvalue weighted by Crippen LogP contribution is -2.04. The molecule has 3 N–H and O–H groups in total. The van der Waals surface area contributed by atoms with Crippen molar-refractivity contribution in [2.24, 2.45) is 5.73 Å². The molecule has 0 aromatic rings. The largest absolute Gasteiger partial charge is 0.366 e. The van der Waals surface area contributed by atoms with E-state index in [0.717, 1.165) is 6.08 Å². The highest BCUT2D eigenvalue weighted by Crippen LogP contribution is 2.09. The molecule has 0 aliphatic heterocycles. The van der Waals surface area contributed by atoms with Gasteiger partial charge in [-0.2, -0.15) is 0 Å². The number of primary amides is 1. The molecule has 0 aliphatic carbocycles. The van der Waals surface area contributed by atoms with Crippen LogP contribution in [0.1, 0.15) is 0 Å². The maximum atomic E-state index is 9.47. The Morgan fingerprint density at radius 3 is 2.10 bits per heavy atom. The van der Waals surface area contributed by atoms with Gasteiger partial charge in [-0.05, 0) is 6.08 Å². The van der Waals surface area contributed by atoms with E-state index in [0.29, 0.717) is 0 Å². The Hall–Kier alpha value is -0.640. The summed E-state index contributed by atoms with van der Waals surface area (Å²) in [4.78, 5) is 17.2. The average molecular weight is 167 g/mol. The Morgan fingerprint density at radius 2 is 2.10 bits per heavy atom. The number of carbonyl (C=O) groups excluding carboxylic acids is 1. The fraction of sp³-hybridized carbons (Fsp3) is 0.250. The molecule has 0 rings (SSSR count). The predicted octanol–water partition coefficient (Wildman–Crippen LogP) is -0.328. The van der Waals surface area contributed by atoms with Gasteiger partial charge in [0.05, 0.1) is 0 Å². The van der Waals surface area contributed by atoms with E-state index < -0.39 is 14.2 Å². The zero-order valence-electron chi connectivity index (χ0n) is 5.53. The minimum Gasteiger partial charge on any atom is -0.366 e. The zero-order valence-corrected chi connectivity index (χ0v) is 6.53. The van der Waals surface area contributed by atoms with Gasteiger partial charge < -0.3 is 15.2 Å². The van der Waals surface area contributed by atoms with Crippen molar-refractivity contribution < 1.29 is 18.8 Å². The highest BCUT2D eigenvalue weighted by atomic mass is 31.1. The first-order valence-corrected chi connectivity index (χ1v) is 3.49. The van der Waals surface area contributed by atoms with Gasteiger partial charge >= 0.3 is 8.25 Å². The second-order valence-corrected chi connectivity index (χ2v) is 2.02. The van der Waals surface area contributed by atoms with Gasteiger partial charge in [0.25, 0.3) is 0 Å². The highest BCUT2D eigenvalue weighted by Gasteiger charge is 1.74. The average Bonchev–Trinajstić information content (AvgIpc) is 1.89. The molecule has 0 fully saturated rings. The van der Waals surface area contributed by atoms with Crippen molar-refractivity contribution in [3.05, 3.63) is 12.7 Å². The number of rotatable bonds is 2. The van der Waals surface area contributed by atoms with Crippen molar-refractivity contribution in [1.29, 1.82) is 0 Å². The molecule has 0 bridgehead atoms. The summed E-state index contributed by atoms with van der Waals surface area (Å²) < 4.78 is 13.2. The third-order valence-electron chi connectivity index (χ3n) is 0.376. The fourth-order valence-electron chi connectivity index (χ4n) is 0. The van der Waals surface area contributed by atoms with Crippen LogP contribution in [0.2, 0.25) is 0 Å². The third-order valence-corrected chi connectivity index (χ3v) is 0.725. The number of amides is 1. The van der Waals surface area contributed by atoms with Crippen LogP contribution in [0, 0.1) is 0 Å². The Bertz CT molecular complexity index is 135. The minimum absolute atomic E-state index is 0.481. The van der Waals surface area contributed by atoms with Gasteiger partial charge in [0.15, 0.2) is 0 Å². The summed E-state index contributed by atoms with van der Waals surface area (Å²) in [5.74, 6) is -0.481. The van der Waals surface area contributed by atoms with E-state index in [2.05, 4.69) is 16.8 Å². The number of hydrogen-bond donors (Lipinski definition) is 2. The predicted molar refractivity (Wildman–Crippen MR) is 37.6 cm³/mol. The molecule has 10 heavy (non-hydrogen) atoms. The van der Waals surface area contributed by atoms with Gasteiger partial charge in [-0.3, -0.25) is 9.36 Å². The van der Waals surface area contributed by atoms with Crippen LogP contribution in [0.5, 0.6) is 0 Å². The number of nitrogens with two attached hydrogens (primary N) is 1. The fourth-order valence-corrected chi connectivity index (χ4v) is 0. The van der Waals surface area contributed by atoms with Crippen molar-refractivity contribution in [3.63, 3.8) is 0 Å². The first kappa shape index (κ1) is 12.1. The number of hydrogen-bond acceptors (Lipinski definition) is 3. The van der Waals surface area contributed by atoms with Crippen molar-refractivity contribution >= 4 is 14.2 Å². The van der Waals surface area contributed by atoms with E-state index in [9.17, 15) is 9.36 Å². The van der Waals surface area contributed by atoms with Crippen molar-refractivity contribution in [1.82, 2.24) is 0 Å². The summed E-state index contributed by atoms with van der Waals surface area (Å²) in [5.41, 5.74) is 4.53. The molecule has 1 amide bonds. The quantitative estimate of drug-likeness (QED) is 0.435. The topological polar surface area (TPSA) is 89.6 Å². The molecule has 0 saturated heterocycles. The molecule has 5 nitrogen and oxygen atoms in total. The minimum atomic E-state index is -2.62. The summed E-state index contributed by atoms with van der Waals surface area (Å²) in [6.45, 7) is 3.09. The maximum absolute atomic E-state index is 9.47. The first-order chi connectivity index (χ1) is 4.54. The smallest absolute Gasteiger partial charge is 0.316 e. The standard InChI is InChI=1S/C3H5NO.CH5O3P/c1-2-3(4)5;1-4-5(2)3/h2H,1H2,(H2,4,5);5H,1H3,(H,2,3). The molecule has 60 valence electrons. The lowest BCUT2D eigenvalue weighted by atomic mass is 10.6. The van der Waals surface area contributed by atoms with E-state index in [1.807, 2.05) is 0 Å². The van der Waals surface area contributed by atoms with Crippen LogP contribution in [0.3, 0.4) is 0 Å². The SMILES string of the molecule is C=CC(N)=O.CO[PH](=O)O. The van der Waals surface area contributed by atoms with E-state index in [-0.39, 0.29) is 0 Å². The molecular formula is C4H10NO4P. The van der Waals surface area contributed by atoms with Gasteiger partial charge in [0.2, 0.25) is 5.91 Å². The van der Waals surface area contributed by atoms with Gasteiger partial charge in [0, 0.05) is 7.11 Å². The first-order valence-electron chi connectivity index (χ1n) is 2.23. The van der Waals surface area contributed by atoms with Gasteiger partial charge in [-0.25, -0.2) is 0 Å². The van der Waals surface area contributed by atoms with Crippen LogP contribution in [-0.2, 0) is 13.9 Å². The Morgan fingerprint density at radius 1 is 1.90 bits per heavy atom. The molecule has 0 heterocycles. The molecule has 0 aliphatic rings. The Labute approximate surface area is 59.4 Å². The molecule has 0 radical (unpaired) electrons. The van der Waals surface area contributed by atoms with Crippen LogP contribution in [0.15, 0.2) is 12.7 Å². The molecule has 0 aromatic carbocycles. The highest BCUT2D eigenvalue weighted by molar-refractivity contribution is 7.32. The summed E-state index contributed by atoms with van der Waals surface area (Å²) in [7, 11) is -1.44. The normalized spacial score (nSPS) is 10.6. The summed E-state index contributed by atoms with van der Waals surface area (Å²) in [6, 6.07) is 0. The second kappa shape index (κ2) is 8.36. The van der Waals surface area contributed by atoms with Crippen LogP contribution in [-0.4, -0.2) is 17.9 Å². The second-order valence-electron chi connectivity index (χ2n) is 1.08. The van der Waals surface area contributed by atoms with Gasteiger partial charge in [-0.1, -0.05) is 6.58 Å². The molecular weight excluding hydrogens is 157 g/mol. The molecule has 1 unspecified atom stereocenters. The molecule has 1 atom stereocenters. The molecule has 0 aromatic heterocycles. The monoisotopic (exact) mass is 167 g/mol. The van der Waals surface area contributed by atoms with Crippen molar-refractivity contribution in [2.45, 2.75) is 0 Å². The third kappa shape index (κ3) is 26.4. The van der Waals surface area contributed by atoms with Crippen LogP contribution >= 0.6 is 8.25 Å². The van der Waals surface area contributed by atoms with Crippen molar-refractivity contribution in [2.75, 3.05) is 7.11 Å². The van der Waals surface area contributed by atoms with E-state index in [4.69, 9.17) is 4.89 Å². The number of carbonyl (C=O) groups is 1. The summed E-state index contributed by atoms with van der Waals surface area (Å²) >= 11 is 0. The van der Waals surface area contributed by atoms with Crippen molar-refractivity contribution in [3.8, 4) is 0 Å². The summed E-state index contributed by atoms with van der Waals surface area (Å²) in [6.07, 6.45) is 1.06. The van der Waals surface area contributed by atoms with Gasteiger partial charge in [-0.15, -0.1) is 0 Å². The van der Waals surface area contributed by atoms with E-state index in [1.165, 1.54) is 7.11 Å². The maximum Gasteiger partial charge on any atom is 0.316 e. The Kier molecular flexibility index (Phi) is 10.1. The summed E-state index contributed by atoms with van der Waals surface area (Å²) in [5, 5.41) is 0. The van der Waals surface area contributed by atoms with E-state index >= 15 is 0 Å². The van der Waals surface area contributed by atoms with Crippen LogP contribution in [0.25, 0.3) is 0 Å². The zero-order chi connectivity index (χ0) is 8.57. The molecule has 0 spiro atoms. The van der Waals surface area contributed by atoms with Gasteiger partial charge in [0.1, 0.15) is 0 Å². The molecule has 6 heteroatoms. The van der Waals surface area contributed by atoms with E-state index in [1.54, 1.807) is 0 Å². The Balaban J connectivity index is 0. The lowest BCUT2D eigenvalue weighted by molar-refractivity contribution is -0.113. The van der Waals surface area contributed by atoms with Crippen LogP contribution in [0.4, 0.5) is 0 Å². The lowest BCUT2D eigenvalue weighted by Gasteiger charge is -1.78. The van der Waals surface area contributed by atoms with Crippen LogP contribution < -0.4 is 5.73 Å². The molecule has 0 saturated carbocycles.